The van der Waals surface area contributed by atoms with Crippen molar-refractivity contribution in [3.8, 4) is 5.75 Å². The third-order valence-corrected chi connectivity index (χ3v) is 5.50. The van der Waals surface area contributed by atoms with Gasteiger partial charge in [-0.1, -0.05) is 35.9 Å². The number of carbonyl (C=O) groups is 1. The molecule has 0 saturated carbocycles. The van der Waals surface area contributed by atoms with Gasteiger partial charge in [-0.15, -0.1) is 11.8 Å². The third kappa shape index (κ3) is 4.83. The zero-order valence-electron chi connectivity index (χ0n) is 13.9. The second-order valence-corrected chi connectivity index (χ2v) is 7.40. The number of hydrogen-bond donors (Lipinski definition) is 1. The van der Waals surface area contributed by atoms with E-state index in [1.54, 1.807) is 17.8 Å². The SMILES string of the molecule is O=C(CSCc1ccc(Cl)cc1)N1CCN(c2ccccc2O)CC1. The molecule has 2 aromatic rings. The number of para-hydroxylation sites is 2. The number of amides is 1. The second-order valence-electron chi connectivity index (χ2n) is 5.98. The molecule has 4 nitrogen and oxygen atoms in total. The van der Waals surface area contributed by atoms with E-state index in [-0.39, 0.29) is 5.91 Å². The number of carbonyl (C=O) groups excluding carboxylic acids is 1. The summed E-state index contributed by atoms with van der Waals surface area (Å²) in [4.78, 5) is 16.4. The van der Waals surface area contributed by atoms with Gasteiger partial charge in [-0.3, -0.25) is 4.79 Å². The molecule has 1 heterocycles. The summed E-state index contributed by atoms with van der Waals surface area (Å²) in [6.45, 7) is 2.86. The quantitative estimate of drug-likeness (QED) is 0.865. The van der Waals surface area contributed by atoms with Gasteiger partial charge in [0.2, 0.25) is 5.91 Å². The molecule has 0 unspecified atom stereocenters. The monoisotopic (exact) mass is 376 g/mol. The Labute approximate surface area is 157 Å². The molecule has 1 N–H and O–H groups in total. The van der Waals surface area contributed by atoms with Crippen molar-refractivity contribution < 1.29 is 9.90 Å². The molecule has 3 rings (SSSR count). The van der Waals surface area contributed by atoms with Gasteiger partial charge >= 0.3 is 0 Å². The van der Waals surface area contributed by atoms with E-state index < -0.39 is 0 Å². The van der Waals surface area contributed by atoms with Crippen LogP contribution in [0.5, 0.6) is 5.75 Å². The van der Waals surface area contributed by atoms with Crippen molar-refractivity contribution in [3.05, 3.63) is 59.1 Å². The Morgan fingerprint density at radius 1 is 1.04 bits per heavy atom. The summed E-state index contributed by atoms with van der Waals surface area (Å²) in [5.41, 5.74) is 2.01. The Bertz CT molecular complexity index is 716. The van der Waals surface area contributed by atoms with E-state index in [4.69, 9.17) is 11.6 Å². The number of benzene rings is 2. The van der Waals surface area contributed by atoms with Gasteiger partial charge < -0.3 is 14.9 Å². The second kappa shape index (κ2) is 8.50. The Morgan fingerprint density at radius 3 is 2.40 bits per heavy atom. The molecule has 0 aliphatic carbocycles. The number of phenols is 1. The van der Waals surface area contributed by atoms with Crippen LogP contribution in [0.25, 0.3) is 0 Å². The molecule has 1 aliphatic rings. The highest BCUT2D eigenvalue weighted by molar-refractivity contribution is 7.99. The Hall–Kier alpha value is -1.85. The average molecular weight is 377 g/mol. The first-order valence-corrected chi connectivity index (χ1v) is 9.79. The smallest absolute Gasteiger partial charge is 0.232 e. The summed E-state index contributed by atoms with van der Waals surface area (Å²) in [7, 11) is 0. The predicted molar refractivity (Wildman–Crippen MR) is 105 cm³/mol. The van der Waals surface area contributed by atoms with Crippen LogP contribution in [0.15, 0.2) is 48.5 Å². The third-order valence-electron chi connectivity index (χ3n) is 4.26. The lowest BCUT2D eigenvalue weighted by atomic mass is 10.2. The first kappa shape index (κ1) is 18.0. The van der Waals surface area contributed by atoms with Gasteiger partial charge in [0.15, 0.2) is 0 Å². The molecule has 0 spiro atoms. The number of halogens is 1. The van der Waals surface area contributed by atoms with Crippen LogP contribution < -0.4 is 4.90 Å². The molecule has 2 aromatic carbocycles. The van der Waals surface area contributed by atoms with Gasteiger partial charge in [0.05, 0.1) is 11.4 Å². The van der Waals surface area contributed by atoms with Gasteiger partial charge in [0.1, 0.15) is 5.75 Å². The summed E-state index contributed by atoms with van der Waals surface area (Å²) in [6, 6.07) is 15.1. The molecule has 0 aromatic heterocycles. The van der Waals surface area contributed by atoms with Crippen molar-refractivity contribution in [2.45, 2.75) is 5.75 Å². The Morgan fingerprint density at radius 2 is 1.72 bits per heavy atom. The summed E-state index contributed by atoms with van der Waals surface area (Å²) < 4.78 is 0. The van der Waals surface area contributed by atoms with Crippen molar-refractivity contribution >= 4 is 35.0 Å². The fraction of sp³-hybridized carbons (Fsp3) is 0.316. The van der Waals surface area contributed by atoms with Crippen LogP contribution in [0.1, 0.15) is 5.56 Å². The fourth-order valence-corrected chi connectivity index (χ4v) is 3.87. The molecular formula is C19H21ClN2O2S. The molecule has 132 valence electrons. The van der Waals surface area contributed by atoms with Crippen LogP contribution in [0.2, 0.25) is 5.02 Å². The van der Waals surface area contributed by atoms with E-state index >= 15 is 0 Å². The lowest BCUT2D eigenvalue weighted by molar-refractivity contribution is -0.128. The fourth-order valence-electron chi connectivity index (χ4n) is 2.86. The molecule has 0 bridgehead atoms. The first-order chi connectivity index (χ1) is 12.1. The molecule has 0 atom stereocenters. The standard InChI is InChI=1S/C19H21ClN2O2S/c20-16-7-5-15(6-8-16)13-25-14-19(24)22-11-9-21(10-12-22)17-3-1-2-4-18(17)23/h1-8,23H,9-14H2. The summed E-state index contributed by atoms with van der Waals surface area (Å²) in [5.74, 6) is 1.76. The zero-order valence-corrected chi connectivity index (χ0v) is 15.5. The van der Waals surface area contributed by atoms with Crippen LogP contribution >= 0.6 is 23.4 Å². The molecule has 1 fully saturated rings. The van der Waals surface area contributed by atoms with Crippen LogP contribution in [0, 0.1) is 0 Å². The van der Waals surface area contributed by atoms with E-state index in [1.807, 2.05) is 47.4 Å². The van der Waals surface area contributed by atoms with Crippen molar-refractivity contribution in [2.24, 2.45) is 0 Å². The summed E-state index contributed by atoms with van der Waals surface area (Å²) in [5, 5.41) is 10.7. The number of phenolic OH excluding ortho intramolecular Hbond substituents is 1. The molecular weight excluding hydrogens is 356 g/mol. The van der Waals surface area contributed by atoms with Gasteiger partial charge in [-0.2, -0.15) is 0 Å². The Balaban J connectivity index is 1.44. The lowest BCUT2D eigenvalue weighted by Gasteiger charge is -2.36. The minimum absolute atomic E-state index is 0.177. The maximum absolute atomic E-state index is 12.4. The zero-order chi connectivity index (χ0) is 17.6. The number of thioether (sulfide) groups is 1. The highest BCUT2D eigenvalue weighted by Gasteiger charge is 2.22. The summed E-state index contributed by atoms with van der Waals surface area (Å²) in [6.07, 6.45) is 0. The van der Waals surface area contributed by atoms with Gasteiger partial charge in [0.25, 0.3) is 0 Å². The number of hydrogen-bond acceptors (Lipinski definition) is 4. The molecule has 6 heteroatoms. The van der Waals surface area contributed by atoms with Crippen molar-refractivity contribution in [2.75, 3.05) is 36.8 Å². The largest absolute Gasteiger partial charge is 0.506 e. The van der Waals surface area contributed by atoms with Gasteiger partial charge in [0, 0.05) is 37.0 Å². The predicted octanol–water partition coefficient (Wildman–Crippen LogP) is 3.63. The molecule has 1 saturated heterocycles. The highest BCUT2D eigenvalue weighted by Crippen LogP contribution is 2.27. The lowest BCUT2D eigenvalue weighted by Crippen LogP contribution is -2.49. The number of aromatic hydroxyl groups is 1. The van der Waals surface area contributed by atoms with E-state index in [9.17, 15) is 9.90 Å². The maximum atomic E-state index is 12.4. The minimum Gasteiger partial charge on any atom is -0.506 e. The van der Waals surface area contributed by atoms with Crippen LogP contribution in [0.4, 0.5) is 5.69 Å². The number of rotatable bonds is 5. The van der Waals surface area contributed by atoms with Gasteiger partial charge in [-0.05, 0) is 29.8 Å². The highest BCUT2D eigenvalue weighted by atomic mass is 35.5. The Kier molecular flexibility index (Phi) is 6.10. The van der Waals surface area contributed by atoms with Crippen LogP contribution in [-0.4, -0.2) is 47.8 Å². The van der Waals surface area contributed by atoms with E-state index in [2.05, 4.69) is 4.90 Å². The van der Waals surface area contributed by atoms with Crippen molar-refractivity contribution in [3.63, 3.8) is 0 Å². The van der Waals surface area contributed by atoms with Crippen LogP contribution in [-0.2, 0) is 10.5 Å². The van der Waals surface area contributed by atoms with E-state index in [0.29, 0.717) is 24.6 Å². The number of anilines is 1. The normalized spacial score (nSPS) is 14.6. The van der Waals surface area contributed by atoms with Gasteiger partial charge in [-0.25, -0.2) is 0 Å². The molecule has 1 amide bonds. The minimum atomic E-state index is 0.177. The topological polar surface area (TPSA) is 43.8 Å². The molecule has 1 aliphatic heterocycles. The number of nitrogens with zero attached hydrogens (tertiary/aromatic N) is 2. The first-order valence-electron chi connectivity index (χ1n) is 8.26. The number of piperazine rings is 1. The van der Waals surface area contributed by atoms with Crippen molar-refractivity contribution in [1.29, 1.82) is 0 Å². The summed E-state index contributed by atoms with van der Waals surface area (Å²) >= 11 is 7.50. The molecule has 0 radical (unpaired) electrons. The van der Waals surface area contributed by atoms with E-state index in [0.717, 1.165) is 29.6 Å². The van der Waals surface area contributed by atoms with Crippen molar-refractivity contribution in [1.82, 2.24) is 4.90 Å². The van der Waals surface area contributed by atoms with E-state index in [1.165, 1.54) is 5.56 Å². The molecule has 25 heavy (non-hydrogen) atoms. The van der Waals surface area contributed by atoms with Crippen LogP contribution in [0.3, 0.4) is 0 Å². The average Bonchev–Trinajstić information content (AvgIpc) is 2.64. The maximum Gasteiger partial charge on any atom is 0.232 e.